The van der Waals surface area contributed by atoms with Gasteiger partial charge in [-0.1, -0.05) is 36.4 Å². The number of fused-ring (bicyclic) bond motifs is 1. The fraction of sp³-hybridized carbons (Fsp3) is 0.0455. The first kappa shape index (κ1) is 20.1. The van der Waals surface area contributed by atoms with E-state index in [2.05, 4.69) is 21.2 Å². The third-order valence-electron chi connectivity index (χ3n) is 3.98. The number of nitrogens with zero attached hydrogens (tertiary/aromatic N) is 1. The Bertz CT molecular complexity index is 1160. The van der Waals surface area contributed by atoms with Gasteiger partial charge >= 0.3 is 0 Å². The summed E-state index contributed by atoms with van der Waals surface area (Å²) in [5.74, 6) is -1.56. The minimum atomic E-state index is -1.34. The molecule has 0 fully saturated rings. The van der Waals surface area contributed by atoms with E-state index >= 15 is 0 Å². The summed E-state index contributed by atoms with van der Waals surface area (Å²) in [6.07, 6.45) is 1.43. The summed E-state index contributed by atoms with van der Waals surface area (Å²) in [6.45, 7) is -0.578. The lowest BCUT2D eigenvalue weighted by molar-refractivity contribution is -0.307. The van der Waals surface area contributed by atoms with Crippen LogP contribution in [0.1, 0.15) is 5.56 Å². The lowest BCUT2D eigenvalue weighted by Crippen LogP contribution is -2.29. The fourth-order valence-corrected chi connectivity index (χ4v) is 3.15. The Hall–Kier alpha value is -3.63. The number of nitriles is 1. The molecule has 7 heteroatoms. The number of amides is 1. The number of aliphatic carboxylic acids is 1. The molecular weight excluding hydrogens is 436 g/mol. The molecule has 0 atom stereocenters. The van der Waals surface area contributed by atoms with Crippen LogP contribution in [0.5, 0.6) is 5.75 Å². The summed E-state index contributed by atoms with van der Waals surface area (Å²) >= 11 is 3.27. The van der Waals surface area contributed by atoms with E-state index in [1.807, 2.05) is 42.5 Å². The molecule has 0 aliphatic rings. The average molecular weight is 450 g/mol. The van der Waals surface area contributed by atoms with Gasteiger partial charge in [-0.2, -0.15) is 5.26 Å². The lowest BCUT2D eigenvalue weighted by atomic mass is 10.1. The highest BCUT2D eigenvalue weighted by Crippen LogP contribution is 2.27. The Morgan fingerprint density at radius 2 is 1.86 bits per heavy atom. The highest BCUT2D eigenvalue weighted by molar-refractivity contribution is 9.10. The van der Waals surface area contributed by atoms with Gasteiger partial charge in [0.05, 0.1) is 10.4 Å². The van der Waals surface area contributed by atoms with Gasteiger partial charge in [0.25, 0.3) is 5.91 Å². The molecule has 29 heavy (non-hydrogen) atoms. The Morgan fingerprint density at radius 3 is 2.55 bits per heavy atom. The number of carboxylic acids is 1. The summed E-state index contributed by atoms with van der Waals surface area (Å²) in [4.78, 5) is 23.0. The van der Waals surface area contributed by atoms with E-state index in [1.165, 1.54) is 12.1 Å². The van der Waals surface area contributed by atoms with E-state index in [-0.39, 0.29) is 5.57 Å². The zero-order chi connectivity index (χ0) is 20.8. The van der Waals surface area contributed by atoms with E-state index in [9.17, 15) is 20.0 Å². The average Bonchev–Trinajstić information content (AvgIpc) is 2.71. The maximum Gasteiger partial charge on any atom is 0.266 e. The largest absolute Gasteiger partial charge is 0.546 e. The second-order valence-electron chi connectivity index (χ2n) is 6.04. The van der Waals surface area contributed by atoms with Crippen LogP contribution in [-0.2, 0) is 9.59 Å². The summed E-state index contributed by atoms with van der Waals surface area (Å²) in [6, 6.07) is 19.9. The van der Waals surface area contributed by atoms with Gasteiger partial charge < -0.3 is 20.0 Å². The van der Waals surface area contributed by atoms with E-state index < -0.39 is 18.5 Å². The highest BCUT2D eigenvalue weighted by atomic mass is 79.9. The number of halogens is 1. The zero-order valence-corrected chi connectivity index (χ0v) is 16.6. The molecule has 0 saturated carbocycles. The van der Waals surface area contributed by atoms with Gasteiger partial charge in [-0.25, -0.2) is 0 Å². The summed E-state index contributed by atoms with van der Waals surface area (Å²) < 4.78 is 5.56. The third kappa shape index (κ3) is 5.21. The molecule has 0 aliphatic carbocycles. The van der Waals surface area contributed by atoms with Gasteiger partial charge in [0, 0.05) is 5.69 Å². The molecule has 0 aliphatic heterocycles. The molecule has 0 spiro atoms. The predicted molar refractivity (Wildman–Crippen MR) is 111 cm³/mol. The number of carboxylic acid groups (broad SMARTS) is 1. The first-order chi connectivity index (χ1) is 14.0. The Balaban J connectivity index is 1.77. The summed E-state index contributed by atoms with van der Waals surface area (Å²) in [5.41, 5.74) is 1.08. The molecule has 0 saturated heterocycles. The minimum absolute atomic E-state index is 0.0755. The van der Waals surface area contributed by atoms with Crippen molar-refractivity contribution in [3.63, 3.8) is 0 Å². The molecule has 0 aromatic heterocycles. The Labute approximate surface area is 175 Å². The minimum Gasteiger partial charge on any atom is -0.546 e. The van der Waals surface area contributed by atoms with E-state index in [1.54, 1.807) is 18.2 Å². The van der Waals surface area contributed by atoms with Gasteiger partial charge in [-0.3, -0.25) is 4.79 Å². The molecule has 3 aromatic rings. The van der Waals surface area contributed by atoms with Crippen molar-refractivity contribution in [3.8, 4) is 11.8 Å². The van der Waals surface area contributed by atoms with Crippen molar-refractivity contribution < 1.29 is 19.4 Å². The standard InChI is InChI=1S/C22H15BrN2O4/c23-19-10-14(5-8-20(19)29-13-21(26)27)9-17(12-24)22(28)25-18-7-6-15-3-1-2-4-16(15)11-18/h1-11H,13H2,(H,25,28)(H,26,27)/p-1/b17-9+. The Kier molecular flexibility index (Phi) is 6.27. The van der Waals surface area contributed by atoms with E-state index in [0.29, 0.717) is 21.5 Å². The van der Waals surface area contributed by atoms with Crippen LogP contribution in [0.15, 0.2) is 70.7 Å². The molecule has 1 N–H and O–H groups in total. The van der Waals surface area contributed by atoms with Crippen molar-refractivity contribution in [2.45, 2.75) is 0 Å². The molecule has 0 bridgehead atoms. The molecule has 0 heterocycles. The molecule has 0 radical (unpaired) electrons. The first-order valence-electron chi connectivity index (χ1n) is 8.50. The molecule has 0 unspecified atom stereocenters. The van der Waals surface area contributed by atoms with Crippen molar-refractivity contribution in [2.24, 2.45) is 0 Å². The number of anilines is 1. The second kappa shape index (κ2) is 9.04. The van der Waals surface area contributed by atoms with Gasteiger partial charge in [0.2, 0.25) is 0 Å². The maximum absolute atomic E-state index is 12.5. The van der Waals surface area contributed by atoms with Crippen LogP contribution in [0.25, 0.3) is 16.8 Å². The number of rotatable bonds is 6. The van der Waals surface area contributed by atoms with Crippen molar-refractivity contribution in [1.82, 2.24) is 0 Å². The number of carbonyl (C=O) groups is 2. The first-order valence-corrected chi connectivity index (χ1v) is 9.30. The predicted octanol–water partition coefficient (Wildman–Crippen LogP) is 3.28. The quantitative estimate of drug-likeness (QED) is 0.459. The number of carbonyl (C=O) groups excluding carboxylic acids is 2. The van der Waals surface area contributed by atoms with Crippen LogP contribution in [-0.4, -0.2) is 18.5 Å². The van der Waals surface area contributed by atoms with Crippen molar-refractivity contribution in [1.29, 1.82) is 5.26 Å². The van der Waals surface area contributed by atoms with Crippen LogP contribution in [0, 0.1) is 11.3 Å². The number of ether oxygens (including phenoxy) is 1. The molecule has 3 rings (SSSR count). The maximum atomic E-state index is 12.5. The van der Waals surface area contributed by atoms with Crippen LogP contribution in [0.2, 0.25) is 0 Å². The molecular formula is C22H14BrN2O4-. The van der Waals surface area contributed by atoms with Gasteiger partial charge in [0.15, 0.2) is 0 Å². The molecule has 6 nitrogen and oxygen atoms in total. The van der Waals surface area contributed by atoms with Crippen molar-refractivity contribution >= 4 is 50.3 Å². The SMILES string of the molecule is N#C/C(=C\c1ccc(OCC(=O)[O-])c(Br)c1)C(=O)Nc1ccc2ccccc2c1. The van der Waals surface area contributed by atoms with Crippen molar-refractivity contribution in [2.75, 3.05) is 11.9 Å². The number of nitrogens with one attached hydrogen (secondary N) is 1. The van der Waals surface area contributed by atoms with E-state index in [4.69, 9.17) is 4.74 Å². The van der Waals surface area contributed by atoms with Crippen molar-refractivity contribution in [3.05, 3.63) is 76.3 Å². The highest BCUT2D eigenvalue weighted by Gasteiger charge is 2.11. The molecule has 1 amide bonds. The summed E-state index contributed by atoms with van der Waals surface area (Å²) in [7, 11) is 0. The van der Waals surface area contributed by atoms with Crippen LogP contribution in [0.3, 0.4) is 0 Å². The zero-order valence-electron chi connectivity index (χ0n) is 15.0. The van der Waals surface area contributed by atoms with Crippen LogP contribution >= 0.6 is 15.9 Å². The van der Waals surface area contributed by atoms with Crippen LogP contribution < -0.4 is 15.2 Å². The number of benzene rings is 3. The molecule has 144 valence electrons. The normalized spacial score (nSPS) is 11.0. The number of hydrogen-bond donors (Lipinski definition) is 1. The third-order valence-corrected chi connectivity index (χ3v) is 4.60. The van der Waals surface area contributed by atoms with Gasteiger partial charge in [-0.15, -0.1) is 0 Å². The number of hydrogen-bond acceptors (Lipinski definition) is 5. The van der Waals surface area contributed by atoms with Crippen LogP contribution in [0.4, 0.5) is 5.69 Å². The fourth-order valence-electron chi connectivity index (χ4n) is 2.64. The monoisotopic (exact) mass is 449 g/mol. The smallest absolute Gasteiger partial charge is 0.266 e. The Morgan fingerprint density at radius 1 is 1.10 bits per heavy atom. The van der Waals surface area contributed by atoms with E-state index in [0.717, 1.165) is 10.8 Å². The molecule has 3 aromatic carbocycles. The van der Waals surface area contributed by atoms with Gasteiger partial charge in [-0.05, 0) is 62.6 Å². The summed E-state index contributed by atoms with van der Waals surface area (Å²) in [5, 5.41) is 24.6. The topological polar surface area (TPSA) is 102 Å². The van der Waals surface area contributed by atoms with Gasteiger partial charge in [0.1, 0.15) is 24.0 Å². The second-order valence-corrected chi connectivity index (χ2v) is 6.89. The lowest BCUT2D eigenvalue weighted by Gasteiger charge is -2.09.